The molecule has 0 aromatic rings. The van der Waals surface area contributed by atoms with Gasteiger partial charge in [-0.25, -0.2) is 0 Å². The van der Waals surface area contributed by atoms with Gasteiger partial charge < -0.3 is 11.1 Å². The molecule has 0 saturated carbocycles. The van der Waals surface area contributed by atoms with Crippen LogP contribution in [-0.4, -0.2) is 19.1 Å². The lowest BCUT2D eigenvalue weighted by atomic mass is 10.2. The van der Waals surface area contributed by atoms with Gasteiger partial charge in [-0.3, -0.25) is 0 Å². The summed E-state index contributed by atoms with van der Waals surface area (Å²) in [6.45, 7) is 2.17. The normalized spacial score (nSPS) is 25.5. The van der Waals surface area contributed by atoms with Crippen LogP contribution in [0, 0.1) is 0 Å². The summed E-state index contributed by atoms with van der Waals surface area (Å²) in [5.74, 6) is 0. The molecule has 0 spiro atoms. The largest absolute Gasteiger partial charge is 0.327 e. The lowest BCUT2D eigenvalue weighted by molar-refractivity contribution is 0.600. The third kappa shape index (κ3) is 5.30. The fraction of sp³-hybridized carbons (Fsp3) is 1.00. The van der Waals surface area contributed by atoms with E-state index >= 15 is 0 Å². The third-order valence-electron chi connectivity index (χ3n) is 1.58. The Labute approximate surface area is 74.8 Å². The minimum absolute atomic E-state index is 0. The van der Waals surface area contributed by atoms with Gasteiger partial charge in [-0.05, 0) is 19.4 Å². The highest BCUT2D eigenvalue weighted by Gasteiger charge is 2.04. The topological polar surface area (TPSA) is 38.0 Å². The first-order valence-electron chi connectivity index (χ1n) is 3.36. The molecule has 1 rings (SSSR count). The van der Waals surface area contributed by atoms with Crippen molar-refractivity contribution in [3.63, 3.8) is 0 Å². The molecular formula is C6H16Cl2N2. The van der Waals surface area contributed by atoms with Gasteiger partial charge in [0, 0.05) is 12.6 Å². The third-order valence-corrected chi connectivity index (χ3v) is 1.58. The van der Waals surface area contributed by atoms with E-state index in [0.29, 0.717) is 6.04 Å². The van der Waals surface area contributed by atoms with Gasteiger partial charge in [0.05, 0.1) is 0 Å². The van der Waals surface area contributed by atoms with Crippen molar-refractivity contribution in [3.05, 3.63) is 0 Å². The maximum absolute atomic E-state index is 5.67. The highest BCUT2D eigenvalue weighted by atomic mass is 35.5. The molecule has 4 heteroatoms. The van der Waals surface area contributed by atoms with Gasteiger partial charge in [-0.1, -0.05) is 6.42 Å². The van der Waals surface area contributed by atoms with Crippen LogP contribution >= 0.6 is 24.8 Å². The minimum atomic E-state index is 0. The van der Waals surface area contributed by atoms with Crippen LogP contribution in [0.5, 0.6) is 0 Å². The van der Waals surface area contributed by atoms with Crippen LogP contribution in [-0.2, 0) is 0 Å². The second-order valence-electron chi connectivity index (χ2n) is 2.46. The van der Waals surface area contributed by atoms with E-state index in [9.17, 15) is 0 Å². The number of hydrogen-bond acceptors (Lipinski definition) is 2. The van der Waals surface area contributed by atoms with Gasteiger partial charge >= 0.3 is 0 Å². The fourth-order valence-electron chi connectivity index (χ4n) is 1.05. The number of hydrogen-bond donors (Lipinski definition) is 2. The van der Waals surface area contributed by atoms with E-state index in [1.165, 1.54) is 19.3 Å². The molecule has 2 nitrogen and oxygen atoms in total. The van der Waals surface area contributed by atoms with Crippen molar-refractivity contribution in [2.24, 2.45) is 5.73 Å². The van der Waals surface area contributed by atoms with Crippen molar-refractivity contribution in [3.8, 4) is 0 Å². The molecule has 0 aliphatic carbocycles. The van der Waals surface area contributed by atoms with Crippen molar-refractivity contribution in [2.45, 2.75) is 25.3 Å². The first-order valence-corrected chi connectivity index (χ1v) is 3.36. The Morgan fingerprint density at radius 1 is 1.20 bits per heavy atom. The van der Waals surface area contributed by atoms with Gasteiger partial charge in [0.1, 0.15) is 0 Å². The molecule has 0 unspecified atom stereocenters. The highest BCUT2D eigenvalue weighted by Crippen LogP contribution is 2.00. The zero-order valence-corrected chi connectivity index (χ0v) is 7.64. The first kappa shape index (κ1) is 13.1. The highest BCUT2D eigenvalue weighted by molar-refractivity contribution is 5.85. The van der Waals surface area contributed by atoms with E-state index in [4.69, 9.17) is 5.73 Å². The summed E-state index contributed by atoms with van der Waals surface area (Å²) in [4.78, 5) is 0. The van der Waals surface area contributed by atoms with Gasteiger partial charge in [0.25, 0.3) is 0 Å². The van der Waals surface area contributed by atoms with Crippen molar-refractivity contribution >= 4 is 24.8 Å². The zero-order chi connectivity index (χ0) is 5.82. The smallest absolute Gasteiger partial charge is 0.0165 e. The maximum Gasteiger partial charge on any atom is 0.0165 e. The molecule has 0 aromatic carbocycles. The molecule has 1 aliphatic rings. The SMILES string of the molecule is Cl.Cl.N[C@H]1CCCCNC1. The zero-order valence-electron chi connectivity index (χ0n) is 6.01. The molecule has 0 radical (unpaired) electrons. The Morgan fingerprint density at radius 3 is 2.60 bits per heavy atom. The summed E-state index contributed by atoms with van der Waals surface area (Å²) in [7, 11) is 0. The van der Waals surface area contributed by atoms with E-state index in [2.05, 4.69) is 5.32 Å². The summed E-state index contributed by atoms with van der Waals surface area (Å²) in [5.41, 5.74) is 5.67. The average Bonchev–Trinajstić information content (AvgIpc) is 1.94. The predicted octanol–water partition coefficient (Wildman–Crippen LogP) is 0.931. The number of rotatable bonds is 0. The van der Waals surface area contributed by atoms with Gasteiger partial charge in [0.15, 0.2) is 0 Å². The molecule has 0 bridgehead atoms. The quantitative estimate of drug-likeness (QED) is 0.592. The molecule has 0 aromatic heterocycles. The Hall–Kier alpha value is 0.500. The van der Waals surface area contributed by atoms with E-state index in [1.54, 1.807) is 0 Å². The van der Waals surface area contributed by atoms with Crippen molar-refractivity contribution in [1.29, 1.82) is 0 Å². The Bertz CT molecular complexity index is 62.8. The molecule has 1 atom stereocenters. The maximum atomic E-state index is 5.67. The van der Waals surface area contributed by atoms with Crippen LogP contribution in [0.3, 0.4) is 0 Å². The van der Waals surface area contributed by atoms with E-state index < -0.39 is 0 Å². The molecule has 64 valence electrons. The lowest BCUT2D eigenvalue weighted by Crippen LogP contribution is -2.31. The second kappa shape index (κ2) is 7.61. The van der Waals surface area contributed by atoms with Crippen LogP contribution in [0.4, 0.5) is 0 Å². The summed E-state index contributed by atoms with van der Waals surface area (Å²) < 4.78 is 0. The van der Waals surface area contributed by atoms with E-state index in [-0.39, 0.29) is 24.8 Å². The minimum Gasteiger partial charge on any atom is -0.327 e. The summed E-state index contributed by atoms with van der Waals surface area (Å²) >= 11 is 0. The first-order chi connectivity index (χ1) is 3.89. The number of nitrogens with two attached hydrogens (primary N) is 1. The van der Waals surface area contributed by atoms with Crippen LogP contribution in [0.25, 0.3) is 0 Å². The van der Waals surface area contributed by atoms with Gasteiger partial charge in [0.2, 0.25) is 0 Å². The molecule has 10 heavy (non-hydrogen) atoms. The Kier molecular flexibility index (Phi) is 9.97. The Morgan fingerprint density at radius 2 is 1.90 bits per heavy atom. The van der Waals surface area contributed by atoms with Gasteiger partial charge in [-0.15, -0.1) is 24.8 Å². The van der Waals surface area contributed by atoms with Crippen LogP contribution in [0.1, 0.15) is 19.3 Å². The van der Waals surface area contributed by atoms with E-state index in [1.807, 2.05) is 0 Å². The number of nitrogens with one attached hydrogen (secondary N) is 1. The van der Waals surface area contributed by atoms with Crippen molar-refractivity contribution in [1.82, 2.24) is 5.32 Å². The molecule has 1 fully saturated rings. The second-order valence-corrected chi connectivity index (χ2v) is 2.46. The predicted molar refractivity (Wildman–Crippen MR) is 49.2 cm³/mol. The molecule has 1 saturated heterocycles. The number of halogens is 2. The molecule has 3 N–H and O–H groups in total. The van der Waals surface area contributed by atoms with Crippen LogP contribution in [0.2, 0.25) is 0 Å². The lowest BCUT2D eigenvalue weighted by Gasteiger charge is -2.04. The average molecular weight is 187 g/mol. The van der Waals surface area contributed by atoms with E-state index in [0.717, 1.165) is 13.1 Å². The van der Waals surface area contributed by atoms with Gasteiger partial charge in [-0.2, -0.15) is 0 Å². The summed E-state index contributed by atoms with van der Waals surface area (Å²) in [6, 6.07) is 0.414. The van der Waals surface area contributed by atoms with Crippen molar-refractivity contribution < 1.29 is 0 Å². The van der Waals surface area contributed by atoms with Crippen molar-refractivity contribution in [2.75, 3.05) is 13.1 Å². The van der Waals surface area contributed by atoms with Crippen LogP contribution in [0.15, 0.2) is 0 Å². The molecule has 1 heterocycles. The standard InChI is InChI=1S/C6H14N2.2ClH/c7-6-3-1-2-4-8-5-6;;/h6,8H,1-5,7H2;2*1H/t6-;;/m0../s1. The summed E-state index contributed by atoms with van der Waals surface area (Å²) in [5, 5.41) is 3.27. The monoisotopic (exact) mass is 186 g/mol. The fourth-order valence-corrected chi connectivity index (χ4v) is 1.05. The van der Waals surface area contributed by atoms with Crippen LogP contribution < -0.4 is 11.1 Å². The Balaban J connectivity index is 0. The summed E-state index contributed by atoms with van der Waals surface area (Å²) in [6.07, 6.45) is 3.80. The molecule has 0 amide bonds. The molecule has 1 aliphatic heterocycles. The molecular weight excluding hydrogens is 171 g/mol.